The number of sulfonamides is 1. The summed E-state index contributed by atoms with van der Waals surface area (Å²) in [6.07, 6.45) is 0. The van der Waals surface area contributed by atoms with Crippen LogP contribution in [0.2, 0.25) is 0 Å². The standard InChI is InChI=1S/C18H23NO3S/c1-5-22-16-7-9-17(10-8-16)23(20,21)19-15(4)18-11-6-13(2)12-14(18)3/h6-12,15,19H,5H2,1-4H3. The van der Waals surface area contributed by atoms with Crippen LogP contribution in [0.15, 0.2) is 47.4 Å². The van der Waals surface area contributed by atoms with E-state index in [1.807, 2.05) is 39.8 Å². The molecular formula is C18H23NO3S. The Morgan fingerprint density at radius 1 is 1.09 bits per heavy atom. The maximum absolute atomic E-state index is 12.5. The minimum atomic E-state index is -3.57. The third-order valence-electron chi connectivity index (χ3n) is 3.67. The van der Waals surface area contributed by atoms with E-state index in [0.29, 0.717) is 12.4 Å². The minimum absolute atomic E-state index is 0.234. The third-order valence-corrected chi connectivity index (χ3v) is 5.23. The molecule has 1 atom stereocenters. The molecule has 4 nitrogen and oxygen atoms in total. The number of ether oxygens (including phenoxy) is 1. The molecule has 23 heavy (non-hydrogen) atoms. The zero-order chi connectivity index (χ0) is 17.0. The first-order valence-electron chi connectivity index (χ1n) is 7.66. The SMILES string of the molecule is CCOc1ccc(S(=O)(=O)NC(C)c2ccc(C)cc2C)cc1. The molecule has 0 aliphatic rings. The zero-order valence-electron chi connectivity index (χ0n) is 14.0. The van der Waals surface area contributed by atoms with Crippen LogP contribution in [0.4, 0.5) is 0 Å². The van der Waals surface area contributed by atoms with Gasteiger partial charge in [0.2, 0.25) is 10.0 Å². The van der Waals surface area contributed by atoms with Crippen LogP contribution < -0.4 is 9.46 Å². The Morgan fingerprint density at radius 2 is 1.74 bits per heavy atom. The average molecular weight is 333 g/mol. The topological polar surface area (TPSA) is 55.4 Å². The molecule has 0 heterocycles. The molecule has 1 unspecified atom stereocenters. The van der Waals surface area contributed by atoms with Crippen LogP contribution >= 0.6 is 0 Å². The number of hydrogen-bond acceptors (Lipinski definition) is 3. The fraction of sp³-hybridized carbons (Fsp3) is 0.333. The lowest BCUT2D eigenvalue weighted by Gasteiger charge is -2.17. The van der Waals surface area contributed by atoms with Gasteiger partial charge in [0.25, 0.3) is 0 Å². The van der Waals surface area contributed by atoms with E-state index in [1.54, 1.807) is 24.3 Å². The van der Waals surface area contributed by atoms with E-state index < -0.39 is 10.0 Å². The fourth-order valence-electron chi connectivity index (χ4n) is 2.56. The highest BCUT2D eigenvalue weighted by Gasteiger charge is 2.19. The highest BCUT2D eigenvalue weighted by molar-refractivity contribution is 7.89. The number of nitrogens with one attached hydrogen (secondary N) is 1. The molecule has 0 saturated heterocycles. The van der Waals surface area contributed by atoms with Crippen molar-refractivity contribution < 1.29 is 13.2 Å². The summed E-state index contributed by atoms with van der Waals surface area (Å²) in [4.78, 5) is 0.234. The van der Waals surface area contributed by atoms with Crippen molar-refractivity contribution in [2.45, 2.75) is 38.6 Å². The first kappa shape index (κ1) is 17.5. The molecule has 0 radical (unpaired) electrons. The van der Waals surface area contributed by atoms with Crippen LogP contribution in [0, 0.1) is 13.8 Å². The first-order valence-corrected chi connectivity index (χ1v) is 9.14. The van der Waals surface area contributed by atoms with Crippen molar-refractivity contribution in [1.82, 2.24) is 4.72 Å². The summed E-state index contributed by atoms with van der Waals surface area (Å²) < 4.78 is 33.1. The molecule has 124 valence electrons. The molecule has 0 aliphatic carbocycles. The van der Waals surface area contributed by atoms with Gasteiger partial charge in [-0.1, -0.05) is 23.8 Å². The molecular weight excluding hydrogens is 310 g/mol. The summed E-state index contributed by atoms with van der Waals surface area (Å²) in [6.45, 7) is 8.30. The van der Waals surface area contributed by atoms with Crippen molar-refractivity contribution in [3.8, 4) is 5.75 Å². The summed E-state index contributed by atoms with van der Waals surface area (Å²) in [5.74, 6) is 0.661. The van der Waals surface area contributed by atoms with Gasteiger partial charge in [0.05, 0.1) is 11.5 Å². The van der Waals surface area contributed by atoms with Crippen molar-refractivity contribution in [1.29, 1.82) is 0 Å². The van der Waals surface area contributed by atoms with Gasteiger partial charge in [-0.25, -0.2) is 13.1 Å². The summed E-state index contributed by atoms with van der Waals surface area (Å²) in [5.41, 5.74) is 3.21. The summed E-state index contributed by atoms with van der Waals surface area (Å²) in [7, 11) is -3.57. The average Bonchev–Trinajstić information content (AvgIpc) is 2.47. The Balaban J connectivity index is 2.19. The fourth-order valence-corrected chi connectivity index (χ4v) is 3.78. The molecule has 2 aromatic carbocycles. The van der Waals surface area contributed by atoms with E-state index in [1.165, 1.54) is 0 Å². The zero-order valence-corrected chi connectivity index (χ0v) is 14.8. The van der Waals surface area contributed by atoms with Gasteiger partial charge in [-0.3, -0.25) is 0 Å². The molecule has 0 amide bonds. The molecule has 0 fully saturated rings. The summed E-state index contributed by atoms with van der Waals surface area (Å²) in [5, 5.41) is 0. The lowest BCUT2D eigenvalue weighted by molar-refractivity contribution is 0.340. The van der Waals surface area contributed by atoms with Gasteiger partial charge in [0.15, 0.2) is 0 Å². The Bertz CT molecular complexity index is 767. The quantitative estimate of drug-likeness (QED) is 0.876. The Labute approximate surface area is 138 Å². The van der Waals surface area contributed by atoms with Gasteiger partial charge in [-0.2, -0.15) is 0 Å². The Morgan fingerprint density at radius 3 is 2.30 bits per heavy atom. The van der Waals surface area contributed by atoms with Gasteiger partial charge in [-0.05, 0) is 63.1 Å². The molecule has 0 spiro atoms. The van der Waals surface area contributed by atoms with Crippen molar-refractivity contribution in [2.24, 2.45) is 0 Å². The molecule has 1 N–H and O–H groups in total. The monoisotopic (exact) mass is 333 g/mol. The molecule has 2 rings (SSSR count). The van der Waals surface area contributed by atoms with Gasteiger partial charge in [-0.15, -0.1) is 0 Å². The van der Waals surface area contributed by atoms with Crippen molar-refractivity contribution in [3.05, 3.63) is 59.2 Å². The highest BCUT2D eigenvalue weighted by atomic mass is 32.2. The molecule has 2 aromatic rings. The van der Waals surface area contributed by atoms with Gasteiger partial charge >= 0.3 is 0 Å². The molecule has 0 saturated carbocycles. The lowest BCUT2D eigenvalue weighted by Crippen LogP contribution is -2.27. The largest absolute Gasteiger partial charge is 0.494 e. The van der Waals surface area contributed by atoms with Crippen LogP contribution in [-0.4, -0.2) is 15.0 Å². The predicted octanol–water partition coefficient (Wildman–Crippen LogP) is 3.74. The maximum Gasteiger partial charge on any atom is 0.241 e. The Kier molecular flexibility index (Phi) is 5.44. The number of benzene rings is 2. The third kappa shape index (κ3) is 4.33. The highest BCUT2D eigenvalue weighted by Crippen LogP contribution is 2.22. The summed E-state index contributed by atoms with van der Waals surface area (Å²) >= 11 is 0. The van der Waals surface area contributed by atoms with Crippen LogP contribution in [0.1, 0.15) is 36.6 Å². The van der Waals surface area contributed by atoms with E-state index in [9.17, 15) is 8.42 Å². The lowest BCUT2D eigenvalue weighted by atomic mass is 10.0. The second kappa shape index (κ2) is 7.15. The second-order valence-electron chi connectivity index (χ2n) is 5.61. The first-order chi connectivity index (χ1) is 10.8. The van der Waals surface area contributed by atoms with E-state index in [-0.39, 0.29) is 10.9 Å². The summed E-state index contributed by atoms with van der Waals surface area (Å²) in [6, 6.07) is 12.2. The maximum atomic E-state index is 12.5. The Hall–Kier alpha value is -1.85. The van der Waals surface area contributed by atoms with Crippen LogP contribution in [0.3, 0.4) is 0 Å². The van der Waals surface area contributed by atoms with Crippen molar-refractivity contribution in [2.75, 3.05) is 6.61 Å². The van der Waals surface area contributed by atoms with E-state index in [0.717, 1.165) is 16.7 Å². The number of aryl methyl sites for hydroxylation is 2. The molecule has 5 heteroatoms. The number of rotatable bonds is 6. The van der Waals surface area contributed by atoms with Gasteiger partial charge in [0.1, 0.15) is 5.75 Å². The van der Waals surface area contributed by atoms with Gasteiger partial charge in [0, 0.05) is 6.04 Å². The second-order valence-corrected chi connectivity index (χ2v) is 7.32. The molecule has 0 bridgehead atoms. The van der Waals surface area contributed by atoms with Crippen molar-refractivity contribution >= 4 is 10.0 Å². The smallest absolute Gasteiger partial charge is 0.241 e. The van der Waals surface area contributed by atoms with Crippen LogP contribution in [0.5, 0.6) is 5.75 Å². The van der Waals surface area contributed by atoms with E-state index >= 15 is 0 Å². The van der Waals surface area contributed by atoms with E-state index in [4.69, 9.17) is 4.74 Å². The van der Waals surface area contributed by atoms with Crippen molar-refractivity contribution in [3.63, 3.8) is 0 Å². The predicted molar refractivity (Wildman–Crippen MR) is 92.3 cm³/mol. The molecule has 0 aromatic heterocycles. The molecule has 0 aliphatic heterocycles. The van der Waals surface area contributed by atoms with E-state index in [2.05, 4.69) is 10.8 Å². The van der Waals surface area contributed by atoms with Crippen LogP contribution in [-0.2, 0) is 10.0 Å². The normalized spacial score (nSPS) is 12.9. The van der Waals surface area contributed by atoms with Crippen LogP contribution in [0.25, 0.3) is 0 Å². The number of hydrogen-bond donors (Lipinski definition) is 1. The minimum Gasteiger partial charge on any atom is -0.494 e. The van der Waals surface area contributed by atoms with Gasteiger partial charge < -0.3 is 4.74 Å².